The first-order valence-corrected chi connectivity index (χ1v) is 7.26. The van der Waals surface area contributed by atoms with Crippen LogP contribution in [0.3, 0.4) is 0 Å². The second-order valence-electron chi connectivity index (χ2n) is 5.04. The number of hydrazone groups is 1. The monoisotopic (exact) mass is 328 g/mol. The first-order valence-electron chi connectivity index (χ1n) is 6.85. The van der Waals surface area contributed by atoms with Gasteiger partial charge in [0.25, 0.3) is 5.91 Å². The van der Waals surface area contributed by atoms with E-state index < -0.39 is 11.7 Å². The molecule has 3 N–H and O–H groups in total. The van der Waals surface area contributed by atoms with Gasteiger partial charge in [-0.2, -0.15) is 5.10 Å². The number of benzene rings is 2. The first kappa shape index (κ1) is 15.1. The van der Waals surface area contributed by atoms with Gasteiger partial charge in [0.1, 0.15) is 5.82 Å². The third kappa shape index (κ3) is 3.35. The maximum atomic E-state index is 13.3. The lowest BCUT2D eigenvalue weighted by atomic mass is 10.1. The molecule has 1 aliphatic heterocycles. The molecule has 1 amide bonds. The van der Waals surface area contributed by atoms with Gasteiger partial charge in [0.2, 0.25) is 0 Å². The molecule has 3 rings (SSSR count). The molecule has 2 aromatic rings. The number of carbonyl (C=O) groups excluding carboxylic acids is 1. The number of carbonyl (C=O) groups is 1. The van der Waals surface area contributed by atoms with E-state index in [1.54, 1.807) is 0 Å². The molecule has 1 heterocycles. The quantitative estimate of drug-likeness (QED) is 0.586. The van der Waals surface area contributed by atoms with Crippen molar-refractivity contribution in [3.8, 4) is 0 Å². The summed E-state index contributed by atoms with van der Waals surface area (Å²) in [7, 11) is 0. The van der Waals surface area contributed by atoms with Gasteiger partial charge in [0.15, 0.2) is 10.8 Å². The third-order valence-electron chi connectivity index (χ3n) is 3.25. The topological polar surface area (TPSA) is 65.5 Å². The third-order valence-corrected chi connectivity index (χ3v) is 3.44. The normalized spacial score (nSPS) is 14.3. The average Bonchev–Trinajstić information content (AvgIpc) is 2.80. The van der Waals surface area contributed by atoms with Crippen LogP contribution in [0, 0.1) is 12.7 Å². The number of fused-ring (bicyclic) bond motifs is 1. The highest BCUT2D eigenvalue weighted by Gasteiger charge is 2.26. The number of aryl methyl sites for hydroxylation is 1. The van der Waals surface area contributed by atoms with E-state index >= 15 is 0 Å². The van der Waals surface area contributed by atoms with Crippen molar-refractivity contribution in [2.75, 3.05) is 10.6 Å². The fourth-order valence-corrected chi connectivity index (χ4v) is 2.39. The lowest BCUT2D eigenvalue weighted by Gasteiger charge is -2.08. The molecule has 0 saturated heterocycles. The molecule has 7 heteroatoms. The van der Waals surface area contributed by atoms with Crippen molar-refractivity contribution in [3.05, 3.63) is 59.4 Å². The second-order valence-corrected chi connectivity index (χ2v) is 5.45. The standard InChI is InChI=1S/C16H13FN4OS/c1-9-3-2-4-11(7-9)18-16(23)21-20-14-12-8-10(17)5-6-13(12)19-15(14)22/h2-8H,1H3,(H2,18,21,23)(H,19,20,22). The van der Waals surface area contributed by atoms with Gasteiger partial charge in [-0.25, -0.2) is 4.39 Å². The van der Waals surface area contributed by atoms with Gasteiger partial charge in [-0.3, -0.25) is 10.2 Å². The first-order chi connectivity index (χ1) is 11.0. The zero-order valence-corrected chi connectivity index (χ0v) is 13.0. The van der Waals surface area contributed by atoms with E-state index in [0.717, 1.165) is 11.3 Å². The van der Waals surface area contributed by atoms with Crippen LogP contribution < -0.4 is 16.1 Å². The van der Waals surface area contributed by atoms with E-state index in [0.29, 0.717) is 11.3 Å². The SMILES string of the molecule is Cc1cccc(NC(=S)N/N=C2\C(=O)Nc3ccc(F)cc32)c1. The molecule has 0 unspecified atom stereocenters. The van der Waals surface area contributed by atoms with Gasteiger partial charge in [0.05, 0.1) is 5.69 Å². The molecule has 1 aliphatic rings. The summed E-state index contributed by atoms with van der Waals surface area (Å²) in [5, 5.41) is 9.81. The Morgan fingerprint density at radius 1 is 1.26 bits per heavy atom. The Bertz CT molecular complexity index is 835. The summed E-state index contributed by atoms with van der Waals surface area (Å²) in [4.78, 5) is 11.9. The predicted octanol–water partition coefficient (Wildman–Crippen LogP) is 2.78. The molecule has 0 atom stereocenters. The highest BCUT2D eigenvalue weighted by atomic mass is 32.1. The number of nitrogens with zero attached hydrogens (tertiary/aromatic N) is 1. The second kappa shape index (κ2) is 6.13. The van der Waals surface area contributed by atoms with Gasteiger partial charge < -0.3 is 10.6 Å². The average molecular weight is 328 g/mol. The lowest BCUT2D eigenvalue weighted by molar-refractivity contribution is -0.110. The van der Waals surface area contributed by atoms with Crippen LogP contribution in [-0.2, 0) is 4.79 Å². The Labute approximate surface area is 137 Å². The summed E-state index contributed by atoms with van der Waals surface area (Å²) in [6, 6.07) is 11.7. The van der Waals surface area contributed by atoms with Crippen molar-refractivity contribution in [1.82, 2.24) is 5.43 Å². The zero-order valence-electron chi connectivity index (χ0n) is 12.2. The largest absolute Gasteiger partial charge is 0.331 e. The number of anilines is 2. The summed E-state index contributed by atoms with van der Waals surface area (Å²) in [6.07, 6.45) is 0. The predicted molar refractivity (Wildman–Crippen MR) is 92.1 cm³/mol. The van der Waals surface area contributed by atoms with E-state index in [2.05, 4.69) is 21.2 Å². The van der Waals surface area contributed by atoms with Crippen molar-refractivity contribution in [2.24, 2.45) is 5.10 Å². The Hall–Kier alpha value is -2.80. The summed E-state index contributed by atoms with van der Waals surface area (Å²) >= 11 is 5.14. The number of rotatable bonds is 2. The van der Waals surface area contributed by atoms with Crippen LogP contribution in [0.25, 0.3) is 0 Å². The Kier molecular flexibility index (Phi) is 4.03. The van der Waals surface area contributed by atoms with Gasteiger partial charge >= 0.3 is 0 Å². The van der Waals surface area contributed by atoms with E-state index in [4.69, 9.17) is 12.2 Å². The van der Waals surface area contributed by atoms with Gasteiger partial charge in [0, 0.05) is 11.3 Å². The van der Waals surface area contributed by atoms with Crippen molar-refractivity contribution >= 4 is 40.3 Å². The molecule has 23 heavy (non-hydrogen) atoms. The van der Waals surface area contributed by atoms with Crippen LogP contribution in [0.15, 0.2) is 47.6 Å². The summed E-state index contributed by atoms with van der Waals surface area (Å²) in [5.74, 6) is -0.843. The fourth-order valence-electron chi connectivity index (χ4n) is 2.22. The molecule has 0 aliphatic carbocycles. The Morgan fingerprint density at radius 3 is 2.87 bits per heavy atom. The maximum Gasteiger partial charge on any atom is 0.276 e. The Balaban J connectivity index is 1.74. The molecule has 0 aromatic heterocycles. The maximum absolute atomic E-state index is 13.3. The van der Waals surface area contributed by atoms with Crippen molar-refractivity contribution < 1.29 is 9.18 Å². The highest BCUT2D eigenvalue weighted by molar-refractivity contribution is 7.80. The zero-order chi connectivity index (χ0) is 16.4. The number of hydrogen-bond acceptors (Lipinski definition) is 3. The van der Waals surface area contributed by atoms with Crippen LogP contribution in [0.5, 0.6) is 0 Å². The molecule has 0 saturated carbocycles. The van der Waals surface area contributed by atoms with Crippen molar-refractivity contribution in [1.29, 1.82) is 0 Å². The van der Waals surface area contributed by atoms with Crippen LogP contribution in [0.2, 0.25) is 0 Å². The number of thiocarbonyl (C=S) groups is 1. The van der Waals surface area contributed by atoms with E-state index in [9.17, 15) is 9.18 Å². The number of amides is 1. The number of hydrogen-bond donors (Lipinski definition) is 3. The van der Waals surface area contributed by atoms with Crippen molar-refractivity contribution in [3.63, 3.8) is 0 Å². The van der Waals surface area contributed by atoms with E-state index in [1.807, 2.05) is 31.2 Å². The Morgan fingerprint density at radius 2 is 2.09 bits per heavy atom. The van der Waals surface area contributed by atoms with Gasteiger partial charge in [-0.1, -0.05) is 12.1 Å². The highest BCUT2D eigenvalue weighted by Crippen LogP contribution is 2.23. The summed E-state index contributed by atoms with van der Waals surface area (Å²) in [5.41, 5.74) is 5.52. The summed E-state index contributed by atoms with van der Waals surface area (Å²) in [6.45, 7) is 1.97. The molecule has 5 nitrogen and oxygen atoms in total. The van der Waals surface area contributed by atoms with Crippen LogP contribution in [0.4, 0.5) is 15.8 Å². The van der Waals surface area contributed by atoms with Crippen molar-refractivity contribution in [2.45, 2.75) is 6.92 Å². The number of halogens is 1. The fraction of sp³-hybridized carbons (Fsp3) is 0.0625. The molecular weight excluding hydrogens is 315 g/mol. The number of nitrogens with one attached hydrogen (secondary N) is 3. The van der Waals surface area contributed by atoms with Crippen LogP contribution in [0.1, 0.15) is 11.1 Å². The molecular formula is C16H13FN4OS. The van der Waals surface area contributed by atoms with E-state index in [-0.39, 0.29) is 10.8 Å². The molecule has 2 aromatic carbocycles. The minimum Gasteiger partial charge on any atom is -0.331 e. The van der Waals surface area contributed by atoms with E-state index in [1.165, 1.54) is 18.2 Å². The molecule has 0 bridgehead atoms. The lowest BCUT2D eigenvalue weighted by Crippen LogP contribution is -2.27. The smallest absolute Gasteiger partial charge is 0.276 e. The van der Waals surface area contributed by atoms with Gasteiger partial charge in [-0.05, 0) is 55.0 Å². The molecule has 116 valence electrons. The molecule has 0 fully saturated rings. The molecule has 0 radical (unpaired) electrons. The van der Waals surface area contributed by atoms with Crippen LogP contribution >= 0.6 is 12.2 Å². The minimum absolute atomic E-state index is 0.0906. The van der Waals surface area contributed by atoms with Crippen LogP contribution in [-0.4, -0.2) is 16.7 Å². The minimum atomic E-state index is -0.437. The summed E-state index contributed by atoms with van der Waals surface area (Å²) < 4.78 is 13.3. The molecule has 0 spiro atoms. The van der Waals surface area contributed by atoms with Gasteiger partial charge in [-0.15, -0.1) is 0 Å².